The van der Waals surface area contributed by atoms with E-state index in [4.69, 9.17) is 5.73 Å². The molecular formula is C12H19N3. The van der Waals surface area contributed by atoms with Crippen LogP contribution < -0.4 is 11.1 Å². The van der Waals surface area contributed by atoms with E-state index in [9.17, 15) is 0 Å². The lowest BCUT2D eigenvalue weighted by Gasteiger charge is -2.27. The van der Waals surface area contributed by atoms with E-state index >= 15 is 0 Å². The summed E-state index contributed by atoms with van der Waals surface area (Å²) in [6.07, 6.45) is 0. The highest BCUT2D eigenvalue weighted by Gasteiger charge is 2.11. The summed E-state index contributed by atoms with van der Waals surface area (Å²) >= 11 is 0. The highest BCUT2D eigenvalue weighted by atomic mass is 15.2. The Morgan fingerprint density at radius 1 is 1.33 bits per heavy atom. The van der Waals surface area contributed by atoms with Crippen LogP contribution in [0.5, 0.6) is 0 Å². The summed E-state index contributed by atoms with van der Waals surface area (Å²) in [5.74, 6) is 0. The van der Waals surface area contributed by atoms with Crippen LogP contribution in [0.4, 0.5) is 5.69 Å². The first-order valence-electron chi connectivity index (χ1n) is 5.54. The maximum absolute atomic E-state index is 5.89. The Hall–Kier alpha value is -1.06. The van der Waals surface area contributed by atoms with Crippen molar-refractivity contribution in [2.45, 2.75) is 13.5 Å². The largest absolute Gasteiger partial charge is 0.399 e. The molecule has 0 spiro atoms. The van der Waals surface area contributed by atoms with Gasteiger partial charge in [0.25, 0.3) is 0 Å². The average Bonchev–Trinajstić information content (AvgIpc) is 2.26. The number of nitrogens with zero attached hydrogens (tertiary/aromatic N) is 1. The van der Waals surface area contributed by atoms with Crippen LogP contribution in [-0.2, 0) is 6.54 Å². The molecule has 0 aromatic heterocycles. The molecule has 0 bridgehead atoms. The predicted octanol–water partition coefficient (Wildman–Crippen LogP) is 0.982. The zero-order valence-electron chi connectivity index (χ0n) is 9.29. The molecule has 2 rings (SSSR count). The summed E-state index contributed by atoms with van der Waals surface area (Å²) in [7, 11) is 0. The number of hydrogen-bond acceptors (Lipinski definition) is 3. The van der Waals surface area contributed by atoms with E-state index in [0.29, 0.717) is 0 Å². The van der Waals surface area contributed by atoms with Crippen molar-refractivity contribution in [2.75, 3.05) is 31.9 Å². The number of rotatable bonds is 2. The summed E-state index contributed by atoms with van der Waals surface area (Å²) in [5.41, 5.74) is 9.39. The van der Waals surface area contributed by atoms with Gasteiger partial charge in [0.2, 0.25) is 0 Å². The van der Waals surface area contributed by atoms with Crippen molar-refractivity contribution in [3.63, 3.8) is 0 Å². The maximum atomic E-state index is 5.89. The van der Waals surface area contributed by atoms with Gasteiger partial charge in [-0.15, -0.1) is 0 Å². The molecule has 1 fully saturated rings. The van der Waals surface area contributed by atoms with Crippen molar-refractivity contribution < 1.29 is 0 Å². The molecule has 0 atom stereocenters. The first-order valence-corrected chi connectivity index (χ1v) is 5.54. The van der Waals surface area contributed by atoms with Gasteiger partial charge >= 0.3 is 0 Å². The van der Waals surface area contributed by atoms with Crippen LogP contribution in [0.15, 0.2) is 18.2 Å². The lowest BCUT2D eigenvalue weighted by Crippen LogP contribution is -2.43. The highest BCUT2D eigenvalue weighted by molar-refractivity contribution is 5.49. The van der Waals surface area contributed by atoms with E-state index in [1.54, 1.807) is 0 Å². The topological polar surface area (TPSA) is 41.3 Å². The van der Waals surface area contributed by atoms with Gasteiger partial charge in [0, 0.05) is 38.4 Å². The fourth-order valence-corrected chi connectivity index (χ4v) is 1.98. The van der Waals surface area contributed by atoms with Gasteiger partial charge in [-0.1, -0.05) is 12.1 Å². The molecule has 1 aliphatic rings. The Bertz CT molecular complexity index is 330. The third-order valence-electron chi connectivity index (χ3n) is 3.09. The van der Waals surface area contributed by atoms with Crippen LogP contribution >= 0.6 is 0 Å². The second-order valence-electron chi connectivity index (χ2n) is 4.16. The highest BCUT2D eigenvalue weighted by Crippen LogP contribution is 2.17. The smallest absolute Gasteiger partial charge is 0.0346 e. The summed E-state index contributed by atoms with van der Waals surface area (Å²) in [5, 5.41) is 3.36. The van der Waals surface area contributed by atoms with E-state index in [2.05, 4.69) is 23.2 Å². The number of benzene rings is 1. The molecule has 3 heteroatoms. The molecule has 1 aromatic carbocycles. The lowest BCUT2D eigenvalue weighted by molar-refractivity contribution is 0.233. The fourth-order valence-electron chi connectivity index (χ4n) is 1.98. The van der Waals surface area contributed by atoms with Crippen molar-refractivity contribution in [1.29, 1.82) is 0 Å². The van der Waals surface area contributed by atoms with Crippen molar-refractivity contribution in [2.24, 2.45) is 0 Å². The van der Waals surface area contributed by atoms with Crippen molar-refractivity contribution in [1.82, 2.24) is 10.2 Å². The molecule has 0 aliphatic carbocycles. The van der Waals surface area contributed by atoms with Crippen LogP contribution in [0.1, 0.15) is 11.1 Å². The Morgan fingerprint density at radius 3 is 2.80 bits per heavy atom. The van der Waals surface area contributed by atoms with Crippen LogP contribution in [0.25, 0.3) is 0 Å². The summed E-state index contributed by atoms with van der Waals surface area (Å²) in [4.78, 5) is 2.47. The monoisotopic (exact) mass is 205 g/mol. The van der Waals surface area contributed by atoms with E-state index in [-0.39, 0.29) is 0 Å². The van der Waals surface area contributed by atoms with Crippen molar-refractivity contribution in [3.05, 3.63) is 29.3 Å². The average molecular weight is 205 g/mol. The van der Waals surface area contributed by atoms with Crippen LogP contribution in [-0.4, -0.2) is 31.1 Å². The molecular weight excluding hydrogens is 186 g/mol. The number of anilines is 1. The molecule has 0 unspecified atom stereocenters. The third kappa shape index (κ3) is 2.49. The van der Waals surface area contributed by atoms with E-state index < -0.39 is 0 Å². The van der Waals surface area contributed by atoms with Gasteiger partial charge in [-0.2, -0.15) is 0 Å². The standard InChI is InChI=1S/C12H19N3/c1-10-11(3-2-4-12(10)13)9-15-7-5-14-6-8-15/h2-4,14H,5-9,13H2,1H3. The van der Waals surface area contributed by atoms with Gasteiger partial charge in [0.15, 0.2) is 0 Å². The quantitative estimate of drug-likeness (QED) is 0.707. The number of nitrogens with one attached hydrogen (secondary N) is 1. The summed E-state index contributed by atoms with van der Waals surface area (Å²) in [6.45, 7) is 7.59. The Labute approximate surface area is 91.3 Å². The van der Waals surface area contributed by atoms with Crippen LogP contribution in [0.2, 0.25) is 0 Å². The normalized spacial score (nSPS) is 17.9. The molecule has 1 aliphatic heterocycles. The van der Waals surface area contributed by atoms with Crippen LogP contribution in [0, 0.1) is 6.92 Å². The molecule has 0 amide bonds. The Morgan fingerprint density at radius 2 is 2.07 bits per heavy atom. The van der Waals surface area contributed by atoms with Gasteiger partial charge in [0.05, 0.1) is 0 Å². The fraction of sp³-hybridized carbons (Fsp3) is 0.500. The minimum absolute atomic E-state index is 0.905. The third-order valence-corrected chi connectivity index (χ3v) is 3.09. The second kappa shape index (κ2) is 4.64. The number of hydrogen-bond donors (Lipinski definition) is 2. The molecule has 0 saturated carbocycles. The number of nitrogens with two attached hydrogens (primary N) is 1. The molecule has 82 valence electrons. The maximum Gasteiger partial charge on any atom is 0.0346 e. The first-order chi connectivity index (χ1) is 7.27. The van der Waals surface area contributed by atoms with Crippen molar-refractivity contribution >= 4 is 5.69 Å². The van der Waals surface area contributed by atoms with Gasteiger partial charge in [-0.3, -0.25) is 4.90 Å². The molecule has 1 saturated heterocycles. The first kappa shape index (κ1) is 10.5. The molecule has 15 heavy (non-hydrogen) atoms. The molecule has 3 nitrogen and oxygen atoms in total. The molecule has 1 heterocycles. The molecule has 0 radical (unpaired) electrons. The predicted molar refractivity (Wildman–Crippen MR) is 63.7 cm³/mol. The van der Waals surface area contributed by atoms with E-state index in [1.165, 1.54) is 11.1 Å². The van der Waals surface area contributed by atoms with Gasteiger partial charge in [0.1, 0.15) is 0 Å². The number of nitrogen functional groups attached to an aromatic ring is 1. The van der Waals surface area contributed by atoms with Gasteiger partial charge in [-0.05, 0) is 24.1 Å². The lowest BCUT2D eigenvalue weighted by atomic mass is 10.1. The van der Waals surface area contributed by atoms with Gasteiger partial charge in [-0.25, -0.2) is 0 Å². The summed E-state index contributed by atoms with van der Waals surface area (Å²) in [6, 6.07) is 6.18. The minimum Gasteiger partial charge on any atom is -0.399 e. The second-order valence-corrected chi connectivity index (χ2v) is 4.16. The molecule has 1 aromatic rings. The van der Waals surface area contributed by atoms with Gasteiger partial charge < -0.3 is 11.1 Å². The van der Waals surface area contributed by atoms with Crippen LogP contribution in [0.3, 0.4) is 0 Å². The number of piperazine rings is 1. The minimum atomic E-state index is 0.905. The SMILES string of the molecule is Cc1c(N)cccc1CN1CCNCC1. The van der Waals surface area contributed by atoms with E-state index in [0.717, 1.165) is 38.4 Å². The van der Waals surface area contributed by atoms with Crippen molar-refractivity contribution in [3.8, 4) is 0 Å². The molecule has 3 N–H and O–H groups in total. The summed E-state index contributed by atoms with van der Waals surface area (Å²) < 4.78 is 0. The Kier molecular flexibility index (Phi) is 3.23. The van der Waals surface area contributed by atoms with E-state index in [1.807, 2.05) is 12.1 Å². The zero-order chi connectivity index (χ0) is 10.7. The zero-order valence-corrected chi connectivity index (χ0v) is 9.29. The Balaban J connectivity index is 2.06.